The molecule has 3 aromatic rings. The summed E-state index contributed by atoms with van der Waals surface area (Å²) in [5, 5.41) is 4.02. The van der Waals surface area contributed by atoms with Gasteiger partial charge in [0, 0.05) is 5.56 Å². The standard InChI is InChI=1S/C16H17N3O3/c1-19(10-14-7-4-8-21-14)11-15-17-16(18-22-15)12-5-3-6-13(9-12)20-2/h3-9H,10-11H2,1-2H3. The summed E-state index contributed by atoms with van der Waals surface area (Å²) in [7, 11) is 3.60. The van der Waals surface area contributed by atoms with E-state index in [2.05, 4.69) is 10.1 Å². The van der Waals surface area contributed by atoms with E-state index in [1.807, 2.05) is 48.3 Å². The average Bonchev–Trinajstić information content (AvgIpc) is 3.19. The summed E-state index contributed by atoms with van der Waals surface area (Å²) >= 11 is 0. The summed E-state index contributed by atoms with van der Waals surface area (Å²) in [5.74, 6) is 2.78. The molecule has 1 aromatic carbocycles. The number of benzene rings is 1. The van der Waals surface area contributed by atoms with E-state index in [1.165, 1.54) is 0 Å². The lowest BCUT2D eigenvalue weighted by Gasteiger charge is -2.11. The number of rotatable bonds is 6. The zero-order valence-electron chi connectivity index (χ0n) is 12.5. The summed E-state index contributed by atoms with van der Waals surface area (Å²) in [6.45, 7) is 1.24. The number of methoxy groups -OCH3 is 1. The van der Waals surface area contributed by atoms with E-state index in [1.54, 1.807) is 13.4 Å². The van der Waals surface area contributed by atoms with Gasteiger partial charge < -0.3 is 13.7 Å². The second-order valence-electron chi connectivity index (χ2n) is 5.00. The van der Waals surface area contributed by atoms with Gasteiger partial charge in [-0.1, -0.05) is 17.3 Å². The molecular weight excluding hydrogens is 282 g/mol. The van der Waals surface area contributed by atoms with Gasteiger partial charge in [0.05, 0.1) is 26.5 Å². The van der Waals surface area contributed by atoms with Crippen molar-refractivity contribution in [1.82, 2.24) is 15.0 Å². The largest absolute Gasteiger partial charge is 0.497 e. The molecule has 6 nitrogen and oxygen atoms in total. The van der Waals surface area contributed by atoms with Crippen LogP contribution in [0.1, 0.15) is 11.7 Å². The third kappa shape index (κ3) is 3.35. The van der Waals surface area contributed by atoms with E-state index in [0.29, 0.717) is 24.8 Å². The maximum absolute atomic E-state index is 5.32. The van der Waals surface area contributed by atoms with Crippen LogP contribution in [-0.4, -0.2) is 29.2 Å². The van der Waals surface area contributed by atoms with E-state index >= 15 is 0 Å². The molecule has 0 amide bonds. The van der Waals surface area contributed by atoms with Crippen molar-refractivity contribution in [3.05, 3.63) is 54.3 Å². The maximum Gasteiger partial charge on any atom is 0.241 e. The fourth-order valence-corrected chi connectivity index (χ4v) is 2.15. The van der Waals surface area contributed by atoms with Crippen LogP contribution in [0.4, 0.5) is 0 Å². The van der Waals surface area contributed by atoms with Gasteiger partial charge in [0.25, 0.3) is 0 Å². The summed E-state index contributed by atoms with van der Waals surface area (Å²) in [6, 6.07) is 11.4. The van der Waals surface area contributed by atoms with Crippen molar-refractivity contribution in [3.63, 3.8) is 0 Å². The predicted octanol–water partition coefficient (Wildman–Crippen LogP) is 2.97. The lowest BCUT2D eigenvalue weighted by Crippen LogP contribution is -2.17. The van der Waals surface area contributed by atoms with Crippen LogP contribution in [0.15, 0.2) is 51.6 Å². The fraction of sp³-hybridized carbons (Fsp3) is 0.250. The average molecular weight is 299 g/mol. The van der Waals surface area contributed by atoms with Crippen molar-refractivity contribution in [1.29, 1.82) is 0 Å². The molecule has 22 heavy (non-hydrogen) atoms. The molecule has 3 rings (SSSR count). The first-order chi connectivity index (χ1) is 10.7. The fourth-order valence-electron chi connectivity index (χ4n) is 2.15. The van der Waals surface area contributed by atoms with Gasteiger partial charge in [0.1, 0.15) is 11.5 Å². The number of ether oxygens (including phenoxy) is 1. The molecule has 0 saturated heterocycles. The van der Waals surface area contributed by atoms with Gasteiger partial charge in [-0.05, 0) is 31.3 Å². The van der Waals surface area contributed by atoms with E-state index in [0.717, 1.165) is 17.1 Å². The van der Waals surface area contributed by atoms with Crippen LogP contribution >= 0.6 is 0 Å². The third-order valence-electron chi connectivity index (χ3n) is 3.21. The highest BCUT2D eigenvalue weighted by Crippen LogP contribution is 2.21. The molecule has 0 saturated carbocycles. The number of aromatic nitrogens is 2. The molecule has 0 N–H and O–H groups in total. The van der Waals surface area contributed by atoms with Gasteiger partial charge in [0.2, 0.25) is 11.7 Å². The van der Waals surface area contributed by atoms with Crippen LogP contribution in [0.3, 0.4) is 0 Å². The molecule has 0 aliphatic carbocycles. The molecule has 0 atom stereocenters. The Morgan fingerprint density at radius 3 is 2.86 bits per heavy atom. The van der Waals surface area contributed by atoms with Gasteiger partial charge in [-0.25, -0.2) is 0 Å². The predicted molar refractivity (Wildman–Crippen MR) is 80.2 cm³/mol. The van der Waals surface area contributed by atoms with Gasteiger partial charge in [0.15, 0.2) is 0 Å². The van der Waals surface area contributed by atoms with Gasteiger partial charge in [-0.3, -0.25) is 4.90 Å². The topological polar surface area (TPSA) is 64.5 Å². The summed E-state index contributed by atoms with van der Waals surface area (Å²) in [4.78, 5) is 6.46. The smallest absolute Gasteiger partial charge is 0.241 e. The maximum atomic E-state index is 5.32. The van der Waals surface area contributed by atoms with E-state index in [4.69, 9.17) is 13.7 Å². The number of hydrogen-bond acceptors (Lipinski definition) is 6. The number of nitrogens with zero attached hydrogens (tertiary/aromatic N) is 3. The van der Waals surface area contributed by atoms with Crippen LogP contribution in [0.2, 0.25) is 0 Å². The van der Waals surface area contributed by atoms with Gasteiger partial charge in [-0.2, -0.15) is 4.98 Å². The first-order valence-corrected chi connectivity index (χ1v) is 6.92. The molecule has 0 aliphatic heterocycles. The van der Waals surface area contributed by atoms with Crippen molar-refractivity contribution >= 4 is 0 Å². The van der Waals surface area contributed by atoms with E-state index in [9.17, 15) is 0 Å². The van der Waals surface area contributed by atoms with Crippen LogP contribution < -0.4 is 4.74 Å². The Labute approximate surface area is 128 Å². The molecule has 2 aromatic heterocycles. The Morgan fingerprint density at radius 2 is 2.09 bits per heavy atom. The molecule has 0 bridgehead atoms. The number of hydrogen-bond donors (Lipinski definition) is 0. The molecule has 0 aliphatic rings. The number of furan rings is 1. The van der Waals surface area contributed by atoms with E-state index < -0.39 is 0 Å². The second-order valence-corrected chi connectivity index (χ2v) is 5.00. The zero-order valence-corrected chi connectivity index (χ0v) is 12.5. The lowest BCUT2D eigenvalue weighted by molar-refractivity contribution is 0.244. The Kier molecular flexibility index (Phi) is 4.20. The highest BCUT2D eigenvalue weighted by molar-refractivity contribution is 5.56. The summed E-state index contributed by atoms with van der Waals surface area (Å²) in [5.41, 5.74) is 0.864. The Morgan fingerprint density at radius 1 is 1.18 bits per heavy atom. The first kappa shape index (κ1) is 14.3. The minimum Gasteiger partial charge on any atom is -0.497 e. The molecular formula is C16H17N3O3. The Hall–Kier alpha value is -2.60. The zero-order chi connectivity index (χ0) is 15.4. The Balaban J connectivity index is 1.68. The first-order valence-electron chi connectivity index (χ1n) is 6.92. The molecule has 6 heteroatoms. The monoisotopic (exact) mass is 299 g/mol. The molecule has 0 radical (unpaired) electrons. The van der Waals surface area contributed by atoms with Crippen LogP contribution in [-0.2, 0) is 13.1 Å². The highest BCUT2D eigenvalue weighted by atomic mass is 16.5. The summed E-state index contributed by atoms with van der Waals surface area (Å²) < 4.78 is 15.8. The van der Waals surface area contributed by atoms with Crippen molar-refractivity contribution in [2.24, 2.45) is 0 Å². The minimum atomic E-state index is 0.553. The normalized spacial score (nSPS) is 11.0. The lowest BCUT2D eigenvalue weighted by atomic mass is 10.2. The Bertz CT molecular complexity index is 722. The minimum absolute atomic E-state index is 0.553. The molecule has 0 fully saturated rings. The van der Waals surface area contributed by atoms with E-state index in [-0.39, 0.29) is 0 Å². The molecule has 114 valence electrons. The van der Waals surface area contributed by atoms with Crippen molar-refractivity contribution < 1.29 is 13.7 Å². The quantitative estimate of drug-likeness (QED) is 0.697. The van der Waals surface area contributed by atoms with Crippen LogP contribution in [0.25, 0.3) is 11.4 Å². The highest BCUT2D eigenvalue weighted by Gasteiger charge is 2.12. The van der Waals surface area contributed by atoms with Crippen molar-refractivity contribution in [2.75, 3.05) is 14.2 Å². The van der Waals surface area contributed by atoms with Crippen LogP contribution in [0.5, 0.6) is 5.75 Å². The van der Waals surface area contributed by atoms with Crippen molar-refractivity contribution in [2.45, 2.75) is 13.1 Å². The SMILES string of the molecule is COc1cccc(-c2noc(CN(C)Cc3ccco3)n2)c1. The van der Waals surface area contributed by atoms with Gasteiger partial charge in [-0.15, -0.1) is 0 Å². The van der Waals surface area contributed by atoms with Crippen molar-refractivity contribution in [3.8, 4) is 17.1 Å². The molecule has 0 spiro atoms. The van der Waals surface area contributed by atoms with Gasteiger partial charge >= 0.3 is 0 Å². The molecule has 2 heterocycles. The summed E-state index contributed by atoms with van der Waals surface area (Å²) in [6.07, 6.45) is 1.66. The second kappa shape index (κ2) is 6.44. The van der Waals surface area contributed by atoms with Crippen LogP contribution in [0, 0.1) is 0 Å². The third-order valence-corrected chi connectivity index (χ3v) is 3.21. The molecule has 0 unspecified atom stereocenters.